The van der Waals surface area contributed by atoms with Crippen LogP contribution in [0.15, 0.2) is 30.3 Å². The zero-order chi connectivity index (χ0) is 19.1. The van der Waals surface area contributed by atoms with Crippen molar-refractivity contribution >= 4 is 29.5 Å². The number of ether oxygens (including phenoxy) is 1. The first-order valence-corrected chi connectivity index (χ1v) is 7.98. The molecule has 0 bridgehead atoms. The fraction of sp³-hybridized carbons (Fsp3) is 0.353. The standard InChI is InChI=1S/C17H19N3O6/c1-19(10-15(21)18-13-5-6-13)16(22)11-26-17(23)9-4-12-2-7-14(8-3-12)20(24)25/h2-4,7-9,13H,5-6,10-11H2,1H3,(H,18,21)/b9-4+. The normalized spacial score (nSPS) is 13.3. The van der Waals surface area contributed by atoms with Gasteiger partial charge in [-0.2, -0.15) is 0 Å². The van der Waals surface area contributed by atoms with E-state index in [2.05, 4.69) is 5.32 Å². The first kappa shape index (κ1) is 19.1. The SMILES string of the molecule is CN(CC(=O)NC1CC1)C(=O)COC(=O)/C=C/c1ccc([N+](=O)[O-])cc1. The van der Waals surface area contributed by atoms with E-state index in [4.69, 9.17) is 4.74 Å². The van der Waals surface area contributed by atoms with Gasteiger partial charge in [0.25, 0.3) is 11.6 Å². The summed E-state index contributed by atoms with van der Waals surface area (Å²) in [5, 5.41) is 13.3. The Kier molecular flexibility index (Phi) is 6.42. The molecule has 0 spiro atoms. The van der Waals surface area contributed by atoms with Gasteiger partial charge in [-0.05, 0) is 36.6 Å². The molecule has 1 N–H and O–H groups in total. The van der Waals surface area contributed by atoms with Gasteiger partial charge < -0.3 is 15.0 Å². The molecule has 0 heterocycles. The van der Waals surface area contributed by atoms with Crippen molar-refractivity contribution in [2.75, 3.05) is 20.2 Å². The van der Waals surface area contributed by atoms with Crippen molar-refractivity contribution in [3.8, 4) is 0 Å². The summed E-state index contributed by atoms with van der Waals surface area (Å²) in [5.41, 5.74) is 0.525. The molecular formula is C17H19N3O6. The predicted molar refractivity (Wildman–Crippen MR) is 91.9 cm³/mol. The van der Waals surface area contributed by atoms with Crippen molar-refractivity contribution < 1.29 is 24.0 Å². The summed E-state index contributed by atoms with van der Waals surface area (Å²) in [6.07, 6.45) is 4.46. The summed E-state index contributed by atoms with van der Waals surface area (Å²) in [4.78, 5) is 46.3. The number of hydrogen-bond acceptors (Lipinski definition) is 6. The molecule has 9 nitrogen and oxygen atoms in total. The average molecular weight is 361 g/mol. The molecule has 0 radical (unpaired) electrons. The predicted octanol–water partition coefficient (Wildman–Crippen LogP) is 0.888. The van der Waals surface area contributed by atoms with Gasteiger partial charge in [-0.1, -0.05) is 0 Å². The number of nitrogens with one attached hydrogen (secondary N) is 1. The quantitative estimate of drug-likeness (QED) is 0.318. The average Bonchev–Trinajstić information content (AvgIpc) is 3.41. The second-order valence-corrected chi connectivity index (χ2v) is 5.88. The van der Waals surface area contributed by atoms with E-state index in [1.165, 1.54) is 42.3 Å². The number of benzene rings is 1. The molecule has 0 aliphatic heterocycles. The molecule has 2 amide bonds. The number of esters is 1. The molecule has 2 rings (SSSR count). The van der Waals surface area contributed by atoms with Crippen molar-refractivity contribution in [2.24, 2.45) is 0 Å². The van der Waals surface area contributed by atoms with Crippen molar-refractivity contribution in [2.45, 2.75) is 18.9 Å². The highest BCUT2D eigenvalue weighted by Gasteiger charge is 2.24. The Labute approximate surface area is 149 Å². The molecule has 1 aromatic carbocycles. The van der Waals surface area contributed by atoms with Crippen molar-refractivity contribution in [1.82, 2.24) is 10.2 Å². The number of nitro benzene ring substituents is 1. The molecular weight excluding hydrogens is 342 g/mol. The van der Waals surface area contributed by atoms with E-state index in [0.29, 0.717) is 5.56 Å². The largest absolute Gasteiger partial charge is 0.452 e. The van der Waals surface area contributed by atoms with Gasteiger partial charge in [-0.15, -0.1) is 0 Å². The Morgan fingerprint density at radius 1 is 1.31 bits per heavy atom. The van der Waals surface area contributed by atoms with Gasteiger partial charge >= 0.3 is 5.97 Å². The second kappa shape index (κ2) is 8.75. The summed E-state index contributed by atoms with van der Waals surface area (Å²) < 4.78 is 4.83. The molecule has 0 aromatic heterocycles. The molecule has 138 valence electrons. The number of nitrogens with zero attached hydrogens (tertiary/aromatic N) is 2. The highest BCUT2D eigenvalue weighted by molar-refractivity contribution is 5.90. The van der Waals surface area contributed by atoms with Crippen LogP contribution in [0.3, 0.4) is 0 Å². The maximum atomic E-state index is 11.8. The molecule has 0 atom stereocenters. The second-order valence-electron chi connectivity index (χ2n) is 5.88. The van der Waals surface area contributed by atoms with Crippen LogP contribution in [0, 0.1) is 10.1 Å². The smallest absolute Gasteiger partial charge is 0.331 e. The number of rotatable bonds is 8. The number of carbonyl (C=O) groups excluding carboxylic acids is 3. The van der Waals surface area contributed by atoms with Crippen LogP contribution in [0.5, 0.6) is 0 Å². The highest BCUT2D eigenvalue weighted by atomic mass is 16.6. The number of non-ortho nitro benzene ring substituents is 1. The lowest BCUT2D eigenvalue weighted by Crippen LogP contribution is -2.40. The Morgan fingerprint density at radius 3 is 2.54 bits per heavy atom. The van der Waals surface area contributed by atoms with Gasteiger partial charge in [0.2, 0.25) is 5.91 Å². The van der Waals surface area contributed by atoms with Crippen LogP contribution in [-0.4, -0.2) is 53.8 Å². The summed E-state index contributed by atoms with van der Waals surface area (Å²) >= 11 is 0. The van der Waals surface area contributed by atoms with E-state index in [1.54, 1.807) is 0 Å². The Balaban J connectivity index is 1.73. The highest BCUT2D eigenvalue weighted by Crippen LogP contribution is 2.18. The molecule has 1 saturated carbocycles. The topological polar surface area (TPSA) is 119 Å². The van der Waals surface area contributed by atoms with Crippen LogP contribution < -0.4 is 5.32 Å². The van der Waals surface area contributed by atoms with Crippen LogP contribution in [0.25, 0.3) is 6.08 Å². The number of likely N-dealkylation sites (N-methyl/N-ethyl adjacent to an activating group) is 1. The van der Waals surface area contributed by atoms with E-state index in [1.807, 2.05) is 0 Å². The molecule has 1 aliphatic rings. The van der Waals surface area contributed by atoms with Gasteiger partial charge in [0.1, 0.15) is 0 Å². The lowest BCUT2D eigenvalue weighted by Gasteiger charge is -2.16. The van der Waals surface area contributed by atoms with E-state index < -0.39 is 23.4 Å². The van der Waals surface area contributed by atoms with E-state index >= 15 is 0 Å². The Morgan fingerprint density at radius 2 is 1.96 bits per heavy atom. The van der Waals surface area contributed by atoms with Crippen LogP contribution in [-0.2, 0) is 19.1 Å². The summed E-state index contributed by atoms with van der Waals surface area (Å²) in [5.74, 6) is -1.46. The molecule has 1 aromatic rings. The van der Waals surface area contributed by atoms with Gasteiger partial charge in [-0.3, -0.25) is 19.7 Å². The number of amides is 2. The number of hydrogen-bond donors (Lipinski definition) is 1. The maximum absolute atomic E-state index is 11.8. The van der Waals surface area contributed by atoms with E-state index in [-0.39, 0.29) is 24.2 Å². The van der Waals surface area contributed by atoms with Gasteiger partial charge in [0.05, 0.1) is 11.5 Å². The first-order chi connectivity index (χ1) is 12.3. The Bertz CT molecular complexity index is 725. The summed E-state index contributed by atoms with van der Waals surface area (Å²) in [7, 11) is 1.45. The lowest BCUT2D eigenvalue weighted by molar-refractivity contribution is -0.384. The van der Waals surface area contributed by atoms with Crippen molar-refractivity contribution in [1.29, 1.82) is 0 Å². The minimum absolute atomic E-state index is 0.0518. The van der Waals surface area contributed by atoms with Crippen LogP contribution in [0.4, 0.5) is 5.69 Å². The zero-order valence-electron chi connectivity index (χ0n) is 14.2. The van der Waals surface area contributed by atoms with E-state index in [0.717, 1.165) is 18.9 Å². The van der Waals surface area contributed by atoms with Crippen LogP contribution in [0.1, 0.15) is 18.4 Å². The third-order valence-corrected chi connectivity index (χ3v) is 3.60. The third-order valence-electron chi connectivity index (χ3n) is 3.60. The maximum Gasteiger partial charge on any atom is 0.331 e. The summed E-state index contributed by atoms with van der Waals surface area (Å²) in [6.45, 7) is -0.567. The van der Waals surface area contributed by atoms with E-state index in [9.17, 15) is 24.5 Å². The Hall–Kier alpha value is -3.23. The fourth-order valence-electron chi connectivity index (χ4n) is 1.97. The van der Waals surface area contributed by atoms with Crippen molar-refractivity contribution in [3.63, 3.8) is 0 Å². The summed E-state index contributed by atoms with van der Waals surface area (Å²) in [6, 6.07) is 5.82. The minimum atomic E-state index is -0.729. The minimum Gasteiger partial charge on any atom is -0.452 e. The van der Waals surface area contributed by atoms with Gasteiger partial charge in [-0.25, -0.2) is 4.79 Å². The van der Waals surface area contributed by atoms with Crippen LogP contribution in [0.2, 0.25) is 0 Å². The number of nitro groups is 1. The van der Waals surface area contributed by atoms with Crippen LogP contribution >= 0.6 is 0 Å². The monoisotopic (exact) mass is 361 g/mol. The molecule has 9 heteroatoms. The third kappa shape index (κ3) is 6.34. The number of carbonyl (C=O) groups is 3. The molecule has 0 unspecified atom stereocenters. The molecule has 1 fully saturated rings. The van der Waals surface area contributed by atoms with Gasteiger partial charge in [0, 0.05) is 31.3 Å². The fourth-order valence-corrected chi connectivity index (χ4v) is 1.97. The molecule has 1 aliphatic carbocycles. The lowest BCUT2D eigenvalue weighted by atomic mass is 10.2. The molecule has 26 heavy (non-hydrogen) atoms. The molecule has 0 saturated heterocycles. The van der Waals surface area contributed by atoms with Crippen molar-refractivity contribution in [3.05, 3.63) is 46.0 Å². The first-order valence-electron chi connectivity index (χ1n) is 7.98. The zero-order valence-corrected chi connectivity index (χ0v) is 14.2. The van der Waals surface area contributed by atoms with Gasteiger partial charge in [0.15, 0.2) is 6.61 Å².